The number of hydrogen-bond donors (Lipinski definition) is 5. The molecule has 4 aromatic rings. The zero-order valence-corrected chi connectivity index (χ0v) is 31.7. The highest BCUT2D eigenvalue weighted by Gasteiger charge is 2.39. The van der Waals surface area contributed by atoms with Gasteiger partial charge in [-0.25, -0.2) is 14.8 Å². The smallest absolute Gasteiger partial charge is 0.407 e. The van der Waals surface area contributed by atoms with E-state index < -0.39 is 24.6 Å². The van der Waals surface area contributed by atoms with Crippen molar-refractivity contribution in [2.45, 2.75) is 84.0 Å². The lowest BCUT2D eigenvalue weighted by Gasteiger charge is -2.31. The maximum Gasteiger partial charge on any atom is 0.407 e. The van der Waals surface area contributed by atoms with Crippen molar-refractivity contribution in [2.75, 3.05) is 27.3 Å². The average Bonchev–Trinajstić information content (AvgIpc) is 4.00. The van der Waals surface area contributed by atoms with E-state index in [1.165, 1.54) is 14.2 Å². The van der Waals surface area contributed by atoms with Gasteiger partial charge in [0.05, 0.1) is 48.2 Å². The minimum absolute atomic E-state index is 0.0481. The molecule has 2 saturated heterocycles. The number of imidazole rings is 2. The number of likely N-dealkylation sites (tertiary alicyclic amines) is 2. The van der Waals surface area contributed by atoms with Crippen molar-refractivity contribution in [3.05, 3.63) is 71.4 Å². The third-order valence-electron chi connectivity index (χ3n) is 10.2. The average molecular weight is 739 g/mol. The van der Waals surface area contributed by atoms with Gasteiger partial charge in [-0.1, -0.05) is 51.7 Å². The summed E-state index contributed by atoms with van der Waals surface area (Å²) < 4.78 is 9.69. The number of aliphatic hydroxyl groups excluding tert-OH is 1. The molecule has 0 radical (unpaired) electrons. The van der Waals surface area contributed by atoms with Crippen LogP contribution in [-0.4, -0.2) is 98.6 Å². The van der Waals surface area contributed by atoms with Crippen molar-refractivity contribution >= 4 is 28.9 Å². The lowest BCUT2D eigenvalue weighted by molar-refractivity contribution is -0.145. The molecule has 4 heterocycles. The number of carbonyl (C=O) groups is 3. The summed E-state index contributed by atoms with van der Waals surface area (Å²) in [5.74, 6) is 7.56. The fourth-order valence-electron chi connectivity index (χ4n) is 7.25. The third kappa shape index (κ3) is 8.44. The minimum Gasteiger partial charge on any atom is -0.453 e. The first-order valence-corrected chi connectivity index (χ1v) is 18.6. The molecule has 2 aromatic heterocycles. The van der Waals surface area contributed by atoms with Gasteiger partial charge in [-0.15, -0.1) is 0 Å². The molecular formula is C40H50N8O6. The van der Waals surface area contributed by atoms with Crippen LogP contribution in [0.2, 0.25) is 0 Å². The zero-order chi connectivity index (χ0) is 38.5. The number of nitrogens with zero attached hydrogens (tertiary/aromatic N) is 4. The van der Waals surface area contributed by atoms with Crippen LogP contribution in [0.25, 0.3) is 22.3 Å². The predicted octanol–water partition coefficient (Wildman–Crippen LogP) is 4.60. The van der Waals surface area contributed by atoms with Crippen LogP contribution in [0, 0.1) is 23.7 Å². The van der Waals surface area contributed by atoms with Gasteiger partial charge < -0.3 is 39.7 Å². The molecule has 0 spiro atoms. The topological polar surface area (TPSA) is 178 Å². The van der Waals surface area contributed by atoms with Crippen molar-refractivity contribution in [1.29, 1.82) is 0 Å². The van der Waals surface area contributed by atoms with Gasteiger partial charge in [0, 0.05) is 31.3 Å². The molecule has 54 heavy (non-hydrogen) atoms. The van der Waals surface area contributed by atoms with Crippen molar-refractivity contribution < 1.29 is 29.0 Å². The number of hydrogen-bond acceptors (Lipinski definition) is 9. The highest BCUT2D eigenvalue weighted by atomic mass is 16.6. The number of aromatic amines is 2. The molecule has 2 fully saturated rings. The molecule has 5 unspecified atom stereocenters. The van der Waals surface area contributed by atoms with Crippen LogP contribution in [0.5, 0.6) is 0 Å². The second-order valence-corrected chi connectivity index (χ2v) is 14.6. The van der Waals surface area contributed by atoms with Gasteiger partial charge in [0.2, 0.25) is 18.2 Å². The first-order chi connectivity index (χ1) is 26.0. The molecule has 2 aliphatic heterocycles. The maximum absolute atomic E-state index is 13.5. The first kappa shape index (κ1) is 38.5. The second kappa shape index (κ2) is 16.8. The third-order valence-corrected chi connectivity index (χ3v) is 10.2. The Balaban J connectivity index is 1.12. The largest absolute Gasteiger partial charge is 0.453 e. The highest BCUT2D eigenvalue weighted by Crippen LogP contribution is 2.34. The number of benzene rings is 2. The molecule has 2 aromatic carbocycles. The summed E-state index contributed by atoms with van der Waals surface area (Å²) in [6.45, 7) is 8.86. The van der Waals surface area contributed by atoms with Crippen LogP contribution in [0.3, 0.4) is 0 Å². The van der Waals surface area contributed by atoms with Gasteiger partial charge in [0.25, 0.3) is 0 Å². The molecule has 286 valence electrons. The van der Waals surface area contributed by atoms with Crippen LogP contribution < -0.4 is 10.6 Å². The molecule has 0 saturated carbocycles. The summed E-state index contributed by atoms with van der Waals surface area (Å²) in [6.07, 6.45) is 3.21. The van der Waals surface area contributed by atoms with E-state index in [0.29, 0.717) is 18.9 Å². The molecule has 2 aliphatic rings. The summed E-state index contributed by atoms with van der Waals surface area (Å²) in [4.78, 5) is 59.0. The molecule has 5 N–H and O–H groups in total. The number of fused-ring (bicyclic) bond motifs is 1. The number of aliphatic hydroxyl groups is 1. The van der Waals surface area contributed by atoms with Crippen molar-refractivity contribution in [2.24, 2.45) is 11.8 Å². The molecule has 3 amide bonds. The maximum atomic E-state index is 13.5. The summed E-state index contributed by atoms with van der Waals surface area (Å²) in [5, 5.41) is 15.5. The Kier molecular flexibility index (Phi) is 12.0. The van der Waals surface area contributed by atoms with Gasteiger partial charge >= 0.3 is 6.09 Å². The van der Waals surface area contributed by atoms with E-state index in [4.69, 9.17) is 14.5 Å². The Morgan fingerprint density at radius 2 is 1.46 bits per heavy atom. The molecule has 0 aliphatic carbocycles. The molecule has 14 nitrogen and oxygen atoms in total. The number of carbonyl (C=O) groups excluding carboxylic acids is 3. The van der Waals surface area contributed by atoms with Gasteiger partial charge in [-0.3, -0.25) is 14.9 Å². The molecule has 0 bridgehead atoms. The lowest BCUT2D eigenvalue weighted by atomic mass is 10.0. The summed E-state index contributed by atoms with van der Waals surface area (Å²) in [7, 11) is 2.67. The number of H-pyrrole nitrogens is 2. The van der Waals surface area contributed by atoms with E-state index in [1.54, 1.807) is 11.1 Å². The number of nitrogens with one attached hydrogen (secondary N) is 4. The number of methoxy groups -OCH3 is 2. The van der Waals surface area contributed by atoms with Crippen LogP contribution >= 0.6 is 0 Å². The fourth-order valence-corrected chi connectivity index (χ4v) is 7.25. The van der Waals surface area contributed by atoms with Crippen LogP contribution in [0.1, 0.15) is 88.2 Å². The number of ether oxygens (including phenoxy) is 2. The van der Waals surface area contributed by atoms with Gasteiger partial charge in [0.1, 0.15) is 17.7 Å². The number of amides is 3. The summed E-state index contributed by atoms with van der Waals surface area (Å²) in [5.41, 5.74) is 5.09. The summed E-state index contributed by atoms with van der Waals surface area (Å²) >= 11 is 0. The Labute approximate surface area is 315 Å². The van der Waals surface area contributed by atoms with Crippen molar-refractivity contribution in [1.82, 2.24) is 40.4 Å². The monoisotopic (exact) mass is 738 g/mol. The Hall–Kier alpha value is -5.23. The SMILES string of the molecule is COC(=O)NC(C(=O)N1CCCC1c1nc2ccc(C#Cc3ccc(-c4cnc(C5CCCN5C(=O)C(NC(O)OC)C(C)C)[nH]4)cc3)cc2[nH]1)C(C)C. The van der Waals surface area contributed by atoms with Gasteiger partial charge in [-0.05, 0) is 73.4 Å². The normalized spacial score (nSPS) is 18.8. The fraction of sp³-hybridized carbons (Fsp3) is 0.475. The highest BCUT2D eigenvalue weighted by molar-refractivity contribution is 5.87. The van der Waals surface area contributed by atoms with Crippen LogP contribution in [0.15, 0.2) is 48.7 Å². The van der Waals surface area contributed by atoms with E-state index in [-0.39, 0.29) is 35.7 Å². The minimum atomic E-state index is -1.23. The quantitative estimate of drug-likeness (QED) is 0.109. The van der Waals surface area contributed by atoms with Crippen LogP contribution in [-0.2, 0) is 19.1 Å². The van der Waals surface area contributed by atoms with Gasteiger partial charge in [-0.2, -0.15) is 0 Å². The second-order valence-electron chi connectivity index (χ2n) is 14.6. The Bertz CT molecular complexity index is 2010. The van der Waals surface area contributed by atoms with Crippen molar-refractivity contribution in [3.8, 4) is 23.1 Å². The zero-order valence-electron chi connectivity index (χ0n) is 31.7. The number of rotatable bonds is 11. The molecule has 14 heteroatoms. The molecule has 5 atom stereocenters. The van der Waals surface area contributed by atoms with Gasteiger partial charge in [0.15, 0.2) is 0 Å². The number of alkyl carbamates (subject to hydrolysis) is 1. The number of aromatic nitrogens is 4. The van der Waals surface area contributed by atoms with E-state index in [0.717, 1.165) is 64.9 Å². The Morgan fingerprint density at radius 3 is 2.09 bits per heavy atom. The first-order valence-electron chi connectivity index (χ1n) is 18.6. The van der Waals surface area contributed by atoms with Crippen LogP contribution in [0.4, 0.5) is 4.79 Å². The Morgan fingerprint density at radius 1 is 0.852 bits per heavy atom. The van der Waals surface area contributed by atoms with E-state index in [1.807, 2.05) is 75.1 Å². The standard InChI is InChI=1S/C40H50N8O6/c1-23(2)33(45-39(51)53-5)37(49)47-19-7-9-31(47)35-41-22-30(44-35)27-16-13-25(14-17-27)11-12-26-15-18-28-29(21-26)43-36(42-28)32-10-8-20-48(32)38(50)34(24(3)4)46-40(52)54-6/h13-18,21-24,31-34,39,45,51H,7-10,19-20H2,1-6H3,(H,41,44)(H,42,43)(H,46,52). The predicted molar refractivity (Wildman–Crippen MR) is 202 cm³/mol. The molecular weight excluding hydrogens is 688 g/mol. The van der Waals surface area contributed by atoms with Crippen molar-refractivity contribution in [3.63, 3.8) is 0 Å². The van der Waals surface area contributed by atoms with E-state index >= 15 is 0 Å². The van der Waals surface area contributed by atoms with E-state index in [2.05, 4.69) is 37.4 Å². The summed E-state index contributed by atoms with van der Waals surface area (Å²) in [6, 6.07) is 12.0. The lowest BCUT2D eigenvalue weighted by Crippen LogP contribution is -2.52. The van der Waals surface area contributed by atoms with E-state index in [9.17, 15) is 19.5 Å². The molecule has 6 rings (SSSR count).